The van der Waals surface area contributed by atoms with Gasteiger partial charge >= 0.3 is 0 Å². The van der Waals surface area contributed by atoms with Gasteiger partial charge in [-0.3, -0.25) is 4.72 Å². The number of halogens is 1. The van der Waals surface area contributed by atoms with Crippen molar-refractivity contribution in [1.29, 1.82) is 0 Å². The molecule has 21 heavy (non-hydrogen) atoms. The zero-order chi connectivity index (χ0) is 15.6. The maximum absolute atomic E-state index is 12.5. The van der Waals surface area contributed by atoms with E-state index in [0.717, 1.165) is 0 Å². The molecule has 0 aliphatic rings. The molecule has 1 aromatic carbocycles. The van der Waals surface area contributed by atoms with Crippen LogP contribution in [0, 0.1) is 13.8 Å². The Bertz CT molecular complexity index is 738. The maximum atomic E-state index is 12.5. The number of aromatic nitrogens is 2. The summed E-state index contributed by atoms with van der Waals surface area (Å²) in [5.74, 6) is 0.712. The number of hydrogen-bond acceptors (Lipinski definition) is 5. The molecule has 0 unspecified atom stereocenters. The van der Waals surface area contributed by atoms with E-state index in [4.69, 9.17) is 16.3 Å². The number of methoxy groups -OCH3 is 1. The number of ether oxygens (including phenoxy) is 1. The molecule has 0 amide bonds. The average Bonchev–Trinajstić information content (AvgIpc) is 2.39. The number of nitrogens with zero attached hydrogens (tertiary/aromatic N) is 2. The Labute approximate surface area is 128 Å². The van der Waals surface area contributed by atoms with Crippen molar-refractivity contribution in [1.82, 2.24) is 9.97 Å². The zero-order valence-corrected chi connectivity index (χ0v) is 13.3. The van der Waals surface area contributed by atoms with Crippen LogP contribution in [0.2, 0.25) is 5.15 Å². The fraction of sp³-hybridized carbons (Fsp3) is 0.231. The minimum Gasteiger partial charge on any atom is -0.497 e. The van der Waals surface area contributed by atoms with Gasteiger partial charge in [0.05, 0.1) is 24.4 Å². The molecule has 0 aliphatic heterocycles. The third kappa shape index (κ3) is 3.43. The molecule has 8 heteroatoms. The fourth-order valence-corrected chi connectivity index (χ4v) is 3.55. The van der Waals surface area contributed by atoms with Gasteiger partial charge in [0, 0.05) is 0 Å². The summed E-state index contributed by atoms with van der Waals surface area (Å²) in [5.41, 5.74) is 1.17. The largest absolute Gasteiger partial charge is 0.497 e. The molecule has 2 aromatic rings. The lowest BCUT2D eigenvalue weighted by atomic mass is 10.1. The topological polar surface area (TPSA) is 81.2 Å². The van der Waals surface area contributed by atoms with Gasteiger partial charge < -0.3 is 4.74 Å². The van der Waals surface area contributed by atoms with Gasteiger partial charge in [-0.1, -0.05) is 11.6 Å². The molecule has 0 radical (unpaired) electrons. The summed E-state index contributed by atoms with van der Waals surface area (Å²) in [6.45, 7) is 3.41. The standard InChI is InChI=1S/C13H14ClN3O3S/c1-8-4-10(20-3)5-9(2)13(8)21(18,19)17-12-7-15-11(14)6-16-12/h4-7H,1-3H3,(H,16,17). The van der Waals surface area contributed by atoms with Crippen molar-refractivity contribution in [2.75, 3.05) is 11.8 Å². The quantitative estimate of drug-likeness (QED) is 0.933. The first-order chi connectivity index (χ1) is 9.83. The third-order valence-corrected chi connectivity index (χ3v) is 4.65. The highest BCUT2D eigenvalue weighted by molar-refractivity contribution is 7.92. The van der Waals surface area contributed by atoms with Crippen LogP contribution in [0.15, 0.2) is 29.4 Å². The van der Waals surface area contributed by atoms with Crippen molar-refractivity contribution in [2.24, 2.45) is 0 Å². The van der Waals surface area contributed by atoms with Gasteiger partial charge in [0.15, 0.2) is 5.82 Å². The van der Waals surface area contributed by atoms with Gasteiger partial charge in [0.2, 0.25) is 0 Å². The van der Waals surface area contributed by atoms with E-state index in [9.17, 15) is 8.42 Å². The lowest BCUT2D eigenvalue weighted by Crippen LogP contribution is -2.16. The van der Waals surface area contributed by atoms with E-state index in [1.165, 1.54) is 19.5 Å². The minimum absolute atomic E-state index is 0.106. The molecule has 0 atom stereocenters. The highest BCUT2D eigenvalue weighted by Gasteiger charge is 2.21. The normalized spacial score (nSPS) is 11.2. The van der Waals surface area contributed by atoms with E-state index in [1.54, 1.807) is 26.0 Å². The van der Waals surface area contributed by atoms with Gasteiger partial charge in [0.1, 0.15) is 10.9 Å². The second kappa shape index (κ2) is 5.87. The van der Waals surface area contributed by atoms with Crippen molar-refractivity contribution in [3.05, 3.63) is 40.8 Å². The average molecular weight is 328 g/mol. The van der Waals surface area contributed by atoms with Crippen LogP contribution in [0.4, 0.5) is 5.82 Å². The molecule has 1 heterocycles. The third-order valence-electron chi connectivity index (χ3n) is 2.80. The van der Waals surface area contributed by atoms with Crippen molar-refractivity contribution in [3.8, 4) is 5.75 Å². The molecule has 0 saturated carbocycles. The van der Waals surface area contributed by atoms with Crippen molar-refractivity contribution >= 4 is 27.4 Å². The Balaban J connectivity index is 2.42. The summed E-state index contributed by atoms with van der Waals surface area (Å²) in [7, 11) is -2.23. The molecule has 0 bridgehead atoms. The zero-order valence-electron chi connectivity index (χ0n) is 11.7. The first-order valence-electron chi connectivity index (χ1n) is 5.99. The molecular weight excluding hydrogens is 314 g/mol. The molecule has 0 aliphatic carbocycles. The Morgan fingerprint density at radius 2 is 1.76 bits per heavy atom. The van der Waals surface area contributed by atoms with Crippen molar-refractivity contribution in [2.45, 2.75) is 18.7 Å². The van der Waals surface area contributed by atoms with Crippen LogP contribution in [0.25, 0.3) is 0 Å². The van der Waals surface area contributed by atoms with Crippen LogP contribution in [0.3, 0.4) is 0 Å². The van der Waals surface area contributed by atoms with Crippen LogP contribution >= 0.6 is 11.6 Å². The predicted octanol–water partition coefficient (Wildman–Crippen LogP) is 2.56. The first-order valence-corrected chi connectivity index (χ1v) is 7.85. The number of sulfonamides is 1. The minimum atomic E-state index is -3.76. The van der Waals surface area contributed by atoms with Crippen molar-refractivity contribution in [3.63, 3.8) is 0 Å². The van der Waals surface area contributed by atoms with E-state index in [1.807, 2.05) is 0 Å². The number of aryl methyl sites for hydroxylation is 2. The molecule has 2 rings (SSSR count). The Hall–Kier alpha value is -1.86. The van der Waals surface area contributed by atoms with Crippen LogP contribution in [-0.2, 0) is 10.0 Å². The smallest absolute Gasteiger partial charge is 0.263 e. The SMILES string of the molecule is COc1cc(C)c(S(=O)(=O)Nc2cnc(Cl)cn2)c(C)c1. The summed E-state index contributed by atoms with van der Waals surface area (Å²) in [6.07, 6.45) is 2.53. The second-order valence-corrected chi connectivity index (χ2v) is 6.43. The molecule has 0 spiro atoms. The Kier molecular flexibility index (Phi) is 4.34. The van der Waals surface area contributed by atoms with Crippen molar-refractivity contribution < 1.29 is 13.2 Å². The maximum Gasteiger partial charge on any atom is 0.263 e. The van der Waals surface area contributed by atoms with Gasteiger partial charge in [-0.15, -0.1) is 0 Å². The van der Waals surface area contributed by atoms with E-state index in [-0.39, 0.29) is 15.9 Å². The molecule has 112 valence electrons. The van der Waals surface area contributed by atoms with E-state index in [2.05, 4.69) is 14.7 Å². The number of nitrogens with one attached hydrogen (secondary N) is 1. The number of benzene rings is 1. The van der Waals surface area contributed by atoms with Crippen LogP contribution in [0.1, 0.15) is 11.1 Å². The van der Waals surface area contributed by atoms with Gasteiger partial charge in [-0.2, -0.15) is 0 Å². The number of rotatable bonds is 4. The van der Waals surface area contributed by atoms with Crippen LogP contribution in [0.5, 0.6) is 5.75 Å². The summed E-state index contributed by atoms with van der Waals surface area (Å²) in [6, 6.07) is 3.32. The van der Waals surface area contributed by atoms with Gasteiger partial charge in [-0.05, 0) is 37.1 Å². The molecule has 0 fully saturated rings. The fourth-order valence-electron chi connectivity index (χ4n) is 2.01. The second-order valence-electron chi connectivity index (χ2n) is 4.42. The molecule has 1 N–H and O–H groups in total. The molecule has 6 nitrogen and oxygen atoms in total. The summed E-state index contributed by atoms with van der Waals surface area (Å²) in [5, 5.41) is 0.190. The lowest BCUT2D eigenvalue weighted by molar-refractivity contribution is 0.413. The van der Waals surface area contributed by atoms with E-state index >= 15 is 0 Å². The predicted molar refractivity (Wildman–Crippen MR) is 80.3 cm³/mol. The van der Waals surface area contributed by atoms with Gasteiger partial charge in [-0.25, -0.2) is 18.4 Å². The summed E-state index contributed by atoms with van der Waals surface area (Å²) < 4.78 is 32.5. The Morgan fingerprint density at radius 1 is 1.14 bits per heavy atom. The van der Waals surface area contributed by atoms with E-state index < -0.39 is 10.0 Å². The highest BCUT2D eigenvalue weighted by atomic mass is 35.5. The molecular formula is C13H14ClN3O3S. The highest BCUT2D eigenvalue weighted by Crippen LogP contribution is 2.26. The number of hydrogen-bond donors (Lipinski definition) is 1. The first kappa shape index (κ1) is 15.5. The van der Waals surface area contributed by atoms with Crippen LogP contribution in [-0.4, -0.2) is 25.5 Å². The summed E-state index contributed by atoms with van der Waals surface area (Å²) >= 11 is 5.62. The van der Waals surface area contributed by atoms with Crippen LogP contribution < -0.4 is 9.46 Å². The Morgan fingerprint density at radius 3 is 2.24 bits per heavy atom. The summed E-state index contributed by atoms with van der Waals surface area (Å²) in [4.78, 5) is 7.85. The van der Waals surface area contributed by atoms with E-state index in [0.29, 0.717) is 16.9 Å². The monoisotopic (exact) mass is 327 g/mol. The molecule has 0 saturated heterocycles. The van der Waals surface area contributed by atoms with Gasteiger partial charge in [0.25, 0.3) is 10.0 Å². The molecule has 1 aromatic heterocycles. The number of anilines is 1. The lowest BCUT2D eigenvalue weighted by Gasteiger charge is -2.13.